The number of rotatable bonds is 8. The normalized spacial score (nSPS) is 29.1. The van der Waals surface area contributed by atoms with Gasteiger partial charge in [0.25, 0.3) is 0 Å². The molecular formula is C22H34N2O2. The standard InChI is InChI=1S/C22H34N2O2/c1-16-6-4-9-20(15-24(2)13-12-17-10-11-17)22(16,26-3)19-8-5-7-18(14-19)21(23)25/h5,7-8,14,16-17,20H,4,6,9-13,15H2,1-3H3,(H2,23,25). The summed E-state index contributed by atoms with van der Waals surface area (Å²) in [6.45, 7) is 4.49. The van der Waals surface area contributed by atoms with Gasteiger partial charge in [-0.1, -0.05) is 38.3 Å². The minimum Gasteiger partial charge on any atom is -0.373 e. The number of carbonyl (C=O) groups excluding carboxylic acids is 1. The van der Waals surface area contributed by atoms with Crippen LogP contribution < -0.4 is 5.73 Å². The molecule has 3 rings (SSSR count). The zero-order valence-corrected chi connectivity index (χ0v) is 16.5. The highest BCUT2D eigenvalue weighted by atomic mass is 16.5. The molecule has 0 aliphatic heterocycles. The van der Waals surface area contributed by atoms with E-state index in [-0.39, 0.29) is 11.5 Å². The molecule has 0 spiro atoms. The molecule has 144 valence electrons. The number of amides is 1. The van der Waals surface area contributed by atoms with Gasteiger partial charge in [0.15, 0.2) is 0 Å². The fourth-order valence-electron chi connectivity index (χ4n) is 4.93. The maximum Gasteiger partial charge on any atom is 0.248 e. The van der Waals surface area contributed by atoms with Gasteiger partial charge in [-0.25, -0.2) is 0 Å². The van der Waals surface area contributed by atoms with Crippen molar-refractivity contribution in [1.82, 2.24) is 4.90 Å². The molecular weight excluding hydrogens is 324 g/mol. The Bertz CT molecular complexity index is 628. The molecule has 0 aromatic heterocycles. The summed E-state index contributed by atoms with van der Waals surface area (Å²) in [5.41, 5.74) is 6.85. The third-order valence-electron chi connectivity index (χ3n) is 6.61. The van der Waals surface area contributed by atoms with Crippen LogP contribution in [0.15, 0.2) is 24.3 Å². The van der Waals surface area contributed by atoms with Gasteiger partial charge in [-0.05, 0) is 62.4 Å². The van der Waals surface area contributed by atoms with Gasteiger partial charge in [0, 0.05) is 25.1 Å². The first-order chi connectivity index (χ1) is 12.5. The predicted molar refractivity (Wildman–Crippen MR) is 105 cm³/mol. The molecule has 0 bridgehead atoms. The largest absolute Gasteiger partial charge is 0.373 e. The number of hydrogen-bond acceptors (Lipinski definition) is 3. The van der Waals surface area contributed by atoms with Crippen LogP contribution in [-0.4, -0.2) is 38.1 Å². The molecule has 1 aromatic carbocycles. The SMILES string of the molecule is COC1(c2cccc(C(N)=O)c2)C(C)CCCC1CN(C)CCC1CC1. The highest BCUT2D eigenvalue weighted by Gasteiger charge is 2.47. The number of nitrogens with two attached hydrogens (primary N) is 1. The van der Waals surface area contributed by atoms with Crippen LogP contribution in [0, 0.1) is 17.8 Å². The van der Waals surface area contributed by atoms with E-state index in [1.54, 1.807) is 6.07 Å². The fraction of sp³-hybridized carbons (Fsp3) is 0.682. The third-order valence-corrected chi connectivity index (χ3v) is 6.61. The number of nitrogens with zero attached hydrogens (tertiary/aromatic N) is 1. The molecule has 0 saturated heterocycles. The molecule has 3 atom stereocenters. The molecule has 1 aromatic rings. The summed E-state index contributed by atoms with van der Waals surface area (Å²) >= 11 is 0. The van der Waals surface area contributed by atoms with E-state index < -0.39 is 0 Å². The molecule has 0 heterocycles. The van der Waals surface area contributed by atoms with Gasteiger partial charge in [-0.2, -0.15) is 0 Å². The lowest BCUT2D eigenvalue weighted by molar-refractivity contribution is -0.131. The highest BCUT2D eigenvalue weighted by Crippen LogP contribution is 2.48. The Morgan fingerprint density at radius 1 is 1.31 bits per heavy atom. The van der Waals surface area contributed by atoms with Crippen molar-refractivity contribution in [1.29, 1.82) is 0 Å². The zero-order chi connectivity index (χ0) is 18.7. The first-order valence-electron chi connectivity index (χ1n) is 10.1. The van der Waals surface area contributed by atoms with Gasteiger partial charge in [-0.3, -0.25) is 4.79 Å². The van der Waals surface area contributed by atoms with Crippen LogP contribution in [0.1, 0.15) is 61.4 Å². The molecule has 4 nitrogen and oxygen atoms in total. The lowest BCUT2D eigenvalue weighted by Gasteiger charge is -2.49. The maximum absolute atomic E-state index is 11.7. The van der Waals surface area contributed by atoms with Crippen LogP contribution in [0.4, 0.5) is 0 Å². The van der Waals surface area contributed by atoms with E-state index in [9.17, 15) is 4.79 Å². The Balaban J connectivity index is 1.85. The van der Waals surface area contributed by atoms with Crippen molar-refractivity contribution in [3.05, 3.63) is 35.4 Å². The molecule has 2 fully saturated rings. The van der Waals surface area contributed by atoms with E-state index in [1.165, 1.54) is 25.7 Å². The first kappa shape index (κ1) is 19.4. The number of ether oxygens (including phenoxy) is 1. The van der Waals surface area contributed by atoms with Crippen molar-refractivity contribution < 1.29 is 9.53 Å². The van der Waals surface area contributed by atoms with E-state index >= 15 is 0 Å². The van der Waals surface area contributed by atoms with Crippen molar-refractivity contribution in [3.8, 4) is 0 Å². The molecule has 3 unspecified atom stereocenters. The van der Waals surface area contributed by atoms with Gasteiger partial charge in [0.1, 0.15) is 0 Å². The number of hydrogen-bond donors (Lipinski definition) is 1. The van der Waals surface area contributed by atoms with Gasteiger partial charge < -0.3 is 15.4 Å². The average molecular weight is 359 g/mol. The Kier molecular flexibility index (Phi) is 6.03. The zero-order valence-electron chi connectivity index (χ0n) is 16.5. The summed E-state index contributed by atoms with van der Waals surface area (Å²) in [5.74, 6) is 1.41. The summed E-state index contributed by atoms with van der Waals surface area (Å²) in [6.07, 6.45) is 7.69. The highest BCUT2D eigenvalue weighted by molar-refractivity contribution is 5.92. The van der Waals surface area contributed by atoms with E-state index in [1.807, 2.05) is 19.2 Å². The summed E-state index contributed by atoms with van der Waals surface area (Å²) in [6, 6.07) is 7.78. The first-order valence-corrected chi connectivity index (χ1v) is 10.1. The quantitative estimate of drug-likeness (QED) is 0.769. The van der Waals surface area contributed by atoms with E-state index in [4.69, 9.17) is 10.5 Å². The van der Waals surface area contributed by atoms with Gasteiger partial charge >= 0.3 is 0 Å². The lowest BCUT2D eigenvalue weighted by Crippen LogP contribution is -2.50. The lowest BCUT2D eigenvalue weighted by atomic mass is 9.65. The molecule has 2 aliphatic carbocycles. The third kappa shape index (κ3) is 3.96. The van der Waals surface area contributed by atoms with Crippen LogP contribution in [0.3, 0.4) is 0 Å². The Morgan fingerprint density at radius 3 is 2.73 bits per heavy atom. The number of benzene rings is 1. The molecule has 4 heteroatoms. The molecule has 0 radical (unpaired) electrons. The van der Waals surface area contributed by atoms with E-state index in [0.717, 1.165) is 37.4 Å². The Hall–Kier alpha value is -1.39. The van der Waals surface area contributed by atoms with Crippen molar-refractivity contribution in [2.75, 3.05) is 27.2 Å². The Morgan fingerprint density at radius 2 is 2.08 bits per heavy atom. The minimum absolute atomic E-state index is 0.350. The second-order valence-electron chi connectivity index (χ2n) is 8.47. The second kappa shape index (κ2) is 8.10. The van der Waals surface area contributed by atoms with Crippen LogP contribution in [0.25, 0.3) is 0 Å². The van der Waals surface area contributed by atoms with E-state index in [0.29, 0.717) is 17.4 Å². The molecule has 26 heavy (non-hydrogen) atoms. The van der Waals surface area contributed by atoms with Crippen LogP contribution in [0.2, 0.25) is 0 Å². The average Bonchev–Trinajstić information content (AvgIpc) is 3.45. The summed E-state index contributed by atoms with van der Waals surface area (Å²) in [7, 11) is 4.07. The molecule has 1 amide bonds. The van der Waals surface area contributed by atoms with Crippen molar-refractivity contribution >= 4 is 5.91 Å². The van der Waals surface area contributed by atoms with Gasteiger partial charge in [-0.15, -0.1) is 0 Å². The van der Waals surface area contributed by atoms with Gasteiger partial charge in [0.2, 0.25) is 5.91 Å². The predicted octanol–water partition coefficient (Wildman–Crippen LogP) is 3.80. The second-order valence-corrected chi connectivity index (χ2v) is 8.47. The van der Waals surface area contributed by atoms with E-state index in [2.05, 4.69) is 24.9 Å². The van der Waals surface area contributed by atoms with Gasteiger partial charge in [0.05, 0.1) is 5.60 Å². The maximum atomic E-state index is 11.7. The van der Waals surface area contributed by atoms with Crippen LogP contribution >= 0.6 is 0 Å². The summed E-state index contributed by atoms with van der Waals surface area (Å²) < 4.78 is 6.28. The Labute approximate surface area is 158 Å². The van der Waals surface area contributed by atoms with Crippen LogP contribution in [0.5, 0.6) is 0 Å². The van der Waals surface area contributed by atoms with Crippen molar-refractivity contribution in [2.24, 2.45) is 23.5 Å². The minimum atomic E-state index is -0.375. The number of carbonyl (C=O) groups is 1. The smallest absolute Gasteiger partial charge is 0.248 e. The number of methoxy groups -OCH3 is 1. The summed E-state index contributed by atoms with van der Waals surface area (Å²) in [5, 5.41) is 0. The van der Waals surface area contributed by atoms with Crippen molar-refractivity contribution in [3.63, 3.8) is 0 Å². The summed E-state index contributed by atoms with van der Waals surface area (Å²) in [4.78, 5) is 14.2. The monoisotopic (exact) mass is 358 g/mol. The van der Waals surface area contributed by atoms with Crippen molar-refractivity contribution in [2.45, 2.75) is 51.0 Å². The topological polar surface area (TPSA) is 55.6 Å². The molecule has 2 N–H and O–H groups in total. The molecule has 2 saturated carbocycles. The molecule has 2 aliphatic rings. The number of primary amides is 1. The fourth-order valence-corrected chi connectivity index (χ4v) is 4.93. The van der Waals surface area contributed by atoms with Crippen LogP contribution in [-0.2, 0) is 10.3 Å².